The number of hydrogen-bond acceptors (Lipinski definition) is 2. The van der Waals surface area contributed by atoms with Crippen LogP contribution in [0.2, 0.25) is 0 Å². The Morgan fingerprint density at radius 1 is 1.43 bits per heavy atom. The Morgan fingerprint density at radius 3 is 2.86 bits per heavy atom. The van der Waals surface area contributed by atoms with E-state index in [1.165, 1.54) is 25.2 Å². The van der Waals surface area contributed by atoms with Crippen molar-refractivity contribution in [2.24, 2.45) is 0 Å². The summed E-state index contributed by atoms with van der Waals surface area (Å²) in [4.78, 5) is 6.95. The summed E-state index contributed by atoms with van der Waals surface area (Å²) in [6.07, 6.45) is 3.16. The van der Waals surface area contributed by atoms with Gasteiger partial charge in [-0.05, 0) is 38.9 Å². The highest BCUT2D eigenvalue weighted by Crippen LogP contribution is 2.26. The van der Waals surface area contributed by atoms with E-state index in [1.54, 1.807) is 0 Å². The molecule has 0 bridgehead atoms. The highest BCUT2D eigenvalue weighted by molar-refractivity contribution is 5.11. The summed E-state index contributed by atoms with van der Waals surface area (Å²) in [6.45, 7) is 6.93. The lowest BCUT2D eigenvalue weighted by atomic mass is 10.0. The average molecular weight is 190 g/mol. The Hall–Kier alpha value is -0.890. The smallest absolute Gasteiger partial charge is 0.0447 e. The molecule has 1 fully saturated rings. The summed E-state index contributed by atoms with van der Waals surface area (Å²) >= 11 is 0. The van der Waals surface area contributed by atoms with Gasteiger partial charge in [0.1, 0.15) is 0 Å². The fourth-order valence-electron chi connectivity index (χ4n) is 2.12. The first-order chi connectivity index (χ1) is 6.77. The van der Waals surface area contributed by atoms with Crippen LogP contribution in [0, 0.1) is 0 Å². The van der Waals surface area contributed by atoms with Gasteiger partial charge in [-0.2, -0.15) is 0 Å². The minimum atomic E-state index is 0.651. The molecular weight excluding hydrogens is 172 g/mol. The topological polar surface area (TPSA) is 16.1 Å². The second kappa shape index (κ2) is 4.09. The number of likely N-dealkylation sites (tertiary alicyclic amines) is 1. The van der Waals surface area contributed by atoms with Gasteiger partial charge < -0.3 is 4.90 Å². The third-order valence-corrected chi connectivity index (χ3v) is 3.06. The second-order valence-electron chi connectivity index (χ2n) is 4.33. The number of rotatable bonds is 2. The van der Waals surface area contributed by atoms with Crippen LogP contribution >= 0.6 is 0 Å². The zero-order valence-corrected chi connectivity index (χ0v) is 8.98. The number of nitrogens with zero attached hydrogens (tertiary/aromatic N) is 2. The first kappa shape index (κ1) is 9.66. The van der Waals surface area contributed by atoms with Crippen LogP contribution in [0.4, 0.5) is 0 Å². The molecule has 76 valence electrons. The molecule has 1 aromatic rings. The summed E-state index contributed by atoms with van der Waals surface area (Å²) in [6, 6.07) is 6.89. The van der Waals surface area contributed by atoms with Crippen molar-refractivity contribution in [2.75, 3.05) is 13.1 Å². The molecule has 14 heavy (non-hydrogen) atoms. The first-order valence-electron chi connectivity index (χ1n) is 5.42. The van der Waals surface area contributed by atoms with Crippen molar-refractivity contribution in [2.45, 2.75) is 32.2 Å². The van der Waals surface area contributed by atoms with Crippen LogP contribution in [-0.4, -0.2) is 29.0 Å². The molecule has 2 rings (SSSR count). The van der Waals surface area contributed by atoms with Gasteiger partial charge in [0.05, 0.1) is 0 Å². The van der Waals surface area contributed by atoms with Crippen LogP contribution in [0.5, 0.6) is 0 Å². The number of hydrogen-bond donors (Lipinski definition) is 0. The van der Waals surface area contributed by atoms with Crippen LogP contribution in [0.3, 0.4) is 0 Å². The molecule has 1 atom stereocenters. The van der Waals surface area contributed by atoms with Crippen LogP contribution < -0.4 is 0 Å². The molecule has 0 radical (unpaired) electrons. The molecular formula is C12H18N2. The van der Waals surface area contributed by atoms with E-state index < -0.39 is 0 Å². The molecule has 0 amide bonds. The molecule has 0 aromatic carbocycles. The van der Waals surface area contributed by atoms with E-state index >= 15 is 0 Å². The molecule has 1 aliphatic heterocycles. The van der Waals surface area contributed by atoms with Gasteiger partial charge in [-0.1, -0.05) is 6.07 Å². The lowest BCUT2D eigenvalue weighted by Crippen LogP contribution is -2.27. The predicted octanol–water partition coefficient (Wildman–Crippen LogP) is 2.28. The monoisotopic (exact) mass is 190 g/mol. The van der Waals surface area contributed by atoms with Crippen molar-refractivity contribution < 1.29 is 0 Å². The molecule has 0 saturated carbocycles. The fraction of sp³-hybridized carbons (Fsp3) is 0.583. The molecule has 2 heteroatoms. The molecule has 0 aliphatic carbocycles. The van der Waals surface area contributed by atoms with E-state index in [4.69, 9.17) is 0 Å². The molecule has 1 unspecified atom stereocenters. The molecule has 2 nitrogen and oxygen atoms in total. The van der Waals surface area contributed by atoms with Gasteiger partial charge >= 0.3 is 0 Å². The van der Waals surface area contributed by atoms with E-state index in [2.05, 4.69) is 35.9 Å². The normalized spacial score (nSPS) is 23.2. The minimum Gasteiger partial charge on any atom is -0.300 e. The van der Waals surface area contributed by atoms with Gasteiger partial charge in [-0.15, -0.1) is 0 Å². The SMILES string of the molecule is CC(C)N1CCC(c2ccccn2)C1. The number of aromatic nitrogens is 1. The maximum atomic E-state index is 4.43. The van der Waals surface area contributed by atoms with E-state index in [9.17, 15) is 0 Å². The molecule has 0 spiro atoms. The van der Waals surface area contributed by atoms with Gasteiger partial charge in [0.2, 0.25) is 0 Å². The summed E-state index contributed by atoms with van der Waals surface area (Å²) in [7, 11) is 0. The molecule has 1 aliphatic rings. The standard InChI is InChI=1S/C12H18N2/c1-10(2)14-8-6-11(9-14)12-5-3-4-7-13-12/h3-5,7,10-11H,6,8-9H2,1-2H3. The predicted molar refractivity (Wildman–Crippen MR) is 58.3 cm³/mol. The quantitative estimate of drug-likeness (QED) is 0.711. The summed E-state index contributed by atoms with van der Waals surface area (Å²) in [5.41, 5.74) is 1.26. The number of pyridine rings is 1. The third kappa shape index (κ3) is 1.95. The lowest BCUT2D eigenvalue weighted by Gasteiger charge is -2.19. The van der Waals surface area contributed by atoms with Crippen molar-refractivity contribution in [1.29, 1.82) is 0 Å². The highest BCUT2D eigenvalue weighted by atomic mass is 15.2. The van der Waals surface area contributed by atoms with Gasteiger partial charge in [-0.3, -0.25) is 4.98 Å². The minimum absolute atomic E-state index is 0.651. The van der Waals surface area contributed by atoms with Crippen molar-refractivity contribution in [3.8, 4) is 0 Å². The Labute approximate surface area is 86.0 Å². The Kier molecular flexibility index (Phi) is 2.82. The van der Waals surface area contributed by atoms with Crippen molar-refractivity contribution in [1.82, 2.24) is 9.88 Å². The Morgan fingerprint density at radius 2 is 2.29 bits per heavy atom. The van der Waals surface area contributed by atoms with Crippen LogP contribution in [-0.2, 0) is 0 Å². The van der Waals surface area contributed by atoms with E-state index in [0.717, 1.165) is 0 Å². The van der Waals surface area contributed by atoms with Crippen LogP contribution in [0.15, 0.2) is 24.4 Å². The van der Waals surface area contributed by atoms with E-state index in [-0.39, 0.29) is 0 Å². The van der Waals surface area contributed by atoms with Crippen LogP contribution in [0.1, 0.15) is 31.9 Å². The lowest BCUT2D eigenvalue weighted by molar-refractivity contribution is 0.272. The zero-order chi connectivity index (χ0) is 9.97. The average Bonchev–Trinajstić information content (AvgIpc) is 2.68. The maximum absolute atomic E-state index is 4.43. The van der Waals surface area contributed by atoms with Gasteiger partial charge in [0, 0.05) is 30.4 Å². The van der Waals surface area contributed by atoms with E-state index in [1.807, 2.05) is 12.3 Å². The zero-order valence-electron chi connectivity index (χ0n) is 8.98. The van der Waals surface area contributed by atoms with E-state index in [0.29, 0.717) is 12.0 Å². The molecule has 1 aromatic heterocycles. The van der Waals surface area contributed by atoms with Gasteiger partial charge in [-0.25, -0.2) is 0 Å². The Balaban J connectivity index is 2.03. The van der Waals surface area contributed by atoms with Crippen LogP contribution in [0.25, 0.3) is 0 Å². The fourth-order valence-corrected chi connectivity index (χ4v) is 2.12. The van der Waals surface area contributed by atoms with Gasteiger partial charge in [0.25, 0.3) is 0 Å². The third-order valence-electron chi connectivity index (χ3n) is 3.06. The maximum Gasteiger partial charge on any atom is 0.0447 e. The summed E-state index contributed by atoms with van der Waals surface area (Å²) in [5.74, 6) is 0.651. The summed E-state index contributed by atoms with van der Waals surface area (Å²) < 4.78 is 0. The first-order valence-corrected chi connectivity index (χ1v) is 5.42. The van der Waals surface area contributed by atoms with Crippen molar-refractivity contribution >= 4 is 0 Å². The summed E-state index contributed by atoms with van der Waals surface area (Å²) in [5, 5.41) is 0. The molecule has 1 saturated heterocycles. The van der Waals surface area contributed by atoms with Crippen molar-refractivity contribution in [3.63, 3.8) is 0 Å². The van der Waals surface area contributed by atoms with Gasteiger partial charge in [0.15, 0.2) is 0 Å². The second-order valence-corrected chi connectivity index (χ2v) is 4.33. The Bertz CT molecular complexity index is 282. The molecule has 2 heterocycles. The largest absolute Gasteiger partial charge is 0.300 e. The highest BCUT2D eigenvalue weighted by Gasteiger charge is 2.25. The van der Waals surface area contributed by atoms with Crippen molar-refractivity contribution in [3.05, 3.63) is 30.1 Å². The molecule has 0 N–H and O–H groups in total.